The number of carbonyl (C=O) groups is 1. The summed E-state index contributed by atoms with van der Waals surface area (Å²) in [6.45, 7) is 3.88. The molecule has 0 radical (unpaired) electrons. The van der Waals surface area contributed by atoms with Gasteiger partial charge in [0.1, 0.15) is 0 Å². The summed E-state index contributed by atoms with van der Waals surface area (Å²) >= 11 is 0. The molecular weight excluding hydrogens is 194 g/mol. The lowest BCUT2D eigenvalue weighted by Gasteiger charge is -2.09. The van der Waals surface area contributed by atoms with E-state index in [2.05, 4.69) is 10.1 Å². The molecule has 0 saturated heterocycles. The van der Waals surface area contributed by atoms with Crippen molar-refractivity contribution in [1.29, 1.82) is 0 Å². The van der Waals surface area contributed by atoms with Gasteiger partial charge in [-0.05, 0) is 5.92 Å². The van der Waals surface area contributed by atoms with Crippen molar-refractivity contribution in [3.63, 3.8) is 0 Å². The van der Waals surface area contributed by atoms with Gasteiger partial charge in [0.25, 0.3) is 0 Å². The van der Waals surface area contributed by atoms with Crippen molar-refractivity contribution in [3.8, 4) is 0 Å². The van der Waals surface area contributed by atoms with E-state index in [1.165, 1.54) is 6.20 Å². The molecule has 15 heavy (non-hydrogen) atoms. The summed E-state index contributed by atoms with van der Waals surface area (Å²) in [7, 11) is 0. The second-order valence-electron chi connectivity index (χ2n) is 3.63. The largest absolute Gasteiger partial charge is 0.478 e. The summed E-state index contributed by atoms with van der Waals surface area (Å²) in [5.74, 6) is -0.860. The summed E-state index contributed by atoms with van der Waals surface area (Å²) in [6.07, 6.45) is 4.68. The Bertz CT molecular complexity index is 516. The van der Waals surface area contributed by atoms with Gasteiger partial charge in [0.05, 0.1) is 11.8 Å². The maximum atomic E-state index is 11.0. The van der Waals surface area contributed by atoms with E-state index >= 15 is 0 Å². The second kappa shape index (κ2) is 3.34. The summed E-state index contributed by atoms with van der Waals surface area (Å²) in [4.78, 5) is 15.1. The molecule has 2 rings (SSSR count). The molecule has 5 nitrogen and oxygen atoms in total. The lowest BCUT2D eigenvalue weighted by Crippen LogP contribution is -2.08. The minimum Gasteiger partial charge on any atom is -0.478 e. The second-order valence-corrected chi connectivity index (χ2v) is 3.63. The van der Waals surface area contributed by atoms with Crippen molar-refractivity contribution in [2.45, 2.75) is 19.8 Å². The lowest BCUT2D eigenvalue weighted by molar-refractivity contribution is 0.0694. The molecule has 0 fully saturated rings. The van der Waals surface area contributed by atoms with Crippen LogP contribution in [-0.4, -0.2) is 25.7 Å². The highest BCUT2D eigenvalue weighted by Crippen LogP contribution is 2.22. The molecule has 2 heterocycles. The van der Waals surface area contributed by atoms with Crippen LogP contribution in [0.1, 0.15) is 35.7 Å². The Hall–Kier alpha value is -1.91. The van der Waals surface area contributed by atoms with E-state index in [1.807, 2.05) is 13.8 Å². The maximum absolute atomic E-state index is 11.0. The van der Waals surface area contributed by atoms with E-state index in [1.54, 1.807) is 16.9 Å². The Morgan fingerprint density at radius 1 is 1.53 bits per heavy atom. The number of hydrogen-bond donors (Lipinski definition) is 1. The van der Waals surface area contributed by atoms with E-state index in [9.17, 15) is 4.79 Å². The van der Waals surface area contributed by atoms with Gasteiger partial charge >= 0.3 is 5.97 Å². The highest BCUT2D eigenvalue weighted by atomic mass is 16.4. The number of aromatic carboxylic acids is 1. The Balaban J connectivity index is 2.81. The van der Waals surface area contributed by atoms with Crippen molar-refractivity contribution < 1.29 is 9.90 Å². The molecule has 0 unspecified atom stereocenters. The van der Waals surface area contributed by atoms with E-state index in [0.717, 1.165) is 5.56 Å². The fraction of sp³-hybridized carbons (Fsp3) is 0.300. The number of carboxylic acids is 1. The summed E-state index contributed by atoms with van der Waals surface area (Å²) in [5.41, 5.74) is 1.57. The van der Waals surface area contributed by atoms with Crippen LogP contribution >= 0.6 is 0 Å². The van der Waals surface area contributed by atoms with Crippen molar-refractivity contribution in [2.75, 3.05) is 0 Å². The number of imidazole rings is 1. The minimum atomic E-state index is -0.961. The maximum Gasteiger partial charge on any atom is 0.337 e. The van der Waals surface area contributed by atoms with E-state index in [-0.39, 0.29) is 11.5 Å². The average Bonchev–Trinajstić information content (AvgIpc) is 2.62. The first kappa shape index (κ1) is 9.64. The van der Waals surface area contributed by atoms with Crippen LogP contribution in [0.5, 0.6) is 0 Å². The standard InChI is InChI=1S/C10H11N3O2/c1-6(2)8-7(10(14)15)5-12-13-4-3-11-9(8)13/h3-6H,1-2H3,(H,14,15). The van der Waals surface area contributed by atoms with E-state index in [4.69, 9.17) is 5.11 Å². The van der Waals surface area contributed by atoms with Gasteiger partial charge in [-0.1, -0.05) is 13.8 Å². The SMILES string of the molecule is CC(C)c1c(C(=O)O)cnn2ccnc12. The van der Waals surface area contributed by atoms with Crippen LogP contribution in [0.25, 0.3) is 5.65 Å². The van der Waals surface area contributed by atoms with Crippen molar-refractivity contribution >= 4 is 11.6 Å². The molecule has 0 atom stereocenters. The molecule has 1 N–H and O–H groups in total. The van der Waals surface area contributed by atoms with Crippen LogP contribution in [0.4, 0.5) is 0 Å². The Labute approximate surface area is 86.4 Å². The smallest absolute Gasteiger partial charge is 0.337 e. The number of rotatable bonds is 2. The molecule has 0 saturated carbocycles. The zero-order chi connectivity index (χ0) is 11.0. The van der Waals surface area contributed by atoms with Gasteiger partial charge < -0.3 is 5.11 Å². The van der Waals surface area contributed by atoms with Crippen LogP contribution in [0.3, 0.4) is 0 Å². The van der Waals surface area contributed by atoms with Gasteiger partial charge in [0, 0.05) is 18.0 Å². The van der Waals surface area contributed by atoms with E-state index < -0.39 is 5.97 Å². The third-order valence-corrected chi connectivity index (χ3v) is 2.27. The minimum absolute atomic E-state index is 0.101. The predicted molar refractivity (Wildman–Crippen MR) is 54.0 cm³/mol. The molecule has 0 aromatic carbocycles. The van der Waals surface area contributed by atoms with Crippen LogP contribution in [0.2, 0.25) is 0 Å². The third-order valence-electron chi connectivity index (χ3n) is 2.27. The number of nitrogens with zero attached hydrogens (tertiary/aromatic N) is 3. The first-order chi connectivity index (χ1) is 7.11. The predicted octanol–water partition coefficient (Wildman–Crippen LogP) is 1.55. The monoisotopic (exact) mass is 205 g/mol. The molecule has 78 valence electrons. The van der Waals surface area contributed by atoms with E-state index in [0.29, 0.717) is 5.65 Å². The zero-order valence-corrected chi connectivity index (χ0v) is 8.51. The van der Waals surface area contributed by atoms with Gasteiger partial charge in [-0.15, -0.1) is 0 Å². The first-order valence-electron chi connectivity index (χ1n) is 4.66. The van der Waals surface area contributed by atoms with Crippen LogP contribution in [0.15, 0.2) is 18.6 Å². The quantitative estimate of drug-likeness (QED) is 0.807. The molecule has 5 heteroatoms. The first-order valence-corrected chi connectivity index (χ1v) is 4.66. The van der Waals surface area contributed by atoms with Gasteiger partial charge in [-0.25, -0.2) is 14.3 Å². The topological polar surface area (TPSA) is 67.5 Å². The number of aromatic nitrogens is 3. The fourth-order valence-electron chi connectivity index (χ4n) is 1.63. The molecule has 0 spiro atoms. The third kappa shape index (κ3) is 1.45. The lowest BCUT2D eigenvalue weighted by atomic mass is 10.00. The average molecular weight is 205 g/mol. The molecule has 2 aromatic rings. The number of hydrogen-bond acceptors (Lipinski definition) is 3. The van der Waals surface area contributed by atoms with Crippen LogP contribution in [0, 0.1) is 0 Å². The van der Waals surface area contributed by atoms with Gasteiger partial charge in [0.2, 0.25) is 0 Å². The number of carboxylic acid groups (broad SMARTS) is 1. The van der Waals surface area contributed by atoms with Crippen molar-refractivity contribution in [1.82, 2.24) is 14.6 Å². The Morgan fingerprint density at radius 3 is 2.87 bits per heavy atom. The molecule has 2 aromatic heterocycles. The van der Waals surface area contributed by atoms with Gasteiger partial charge in [0.15, 0.2) is 5.65 Å². The van der Waals surface area contributed by atoms with Crippen molar-refractivity contribution in [2.24, 2.45) is 0 Å². The van der Waals surface area contributed by atoms with Gasteiger partial charge in [-0.3, -0.25) is 0 Å². The molecule has 0 amide bonds. The zero-order valence-electron chi connectivity index (χ0n) is 8.51. The Morgan fingerprint density at radius 2 is 2.27 bits per heavy atom. The highest BCUT2D eigenvalue weighted by Gasteiger charge is 2.17. The molecule has 0 aliphatic rings. The van der Waals surface area contributed by atoms with Gasteiger partial charge in [-0.2, -0.15) is 5.10 Å². The summed E-state index contributed by atoms with van der Waals surface area (Å²) in [5, 5.41) is 13.0. The summed E-state index contributed by atoms with van der Waals surface area (Å²) < 4.78 is 1.59. The molecule has 0 aliphatic heterocycles. The van der Waals surface area contributed by atoms with Crippen LogP contribution < -0.4 is 0 Å². The normalized spacial score (nSPS) is 11.1. The highest BCUT2D eigenvalue weighted by molar-refractivity contribution is 5.91. The molecular formula is C10H11N3O2. The summed E-state index contributed by atoms with van der Waals surface area (Å²) in [6, 6.07) is 0. The number of fused-ring (bicyclic) bond motifs is 1. The van der Waals surface area contributed by atoms with Crippen LogP contribution in [-0.2, 0) is 0 Å². The molecule has 0 bridgehead atoms. The fourth-order valence-corrected chi connectivity index (χ4v) is 1.63. The molecule has 0 aliphatic carbocycles. The Kier molecular flexibility index (Phi) is 2.15. The van der Waals surface area contributed by atoms with Crippen molar-refractivity contribution in [3.05, 3.63) is 29.7 Å².